The first-order chi connectivity index (χ1) is 12.0. The standard InChI is InChI=1S/C20H21NO4/c1-12(22)21-9-6-13-10-16(24-2)19(25-3)18-17(13)15(21)11-20(18)7-4-14(23)5-8-20/h4-5,7-8,10,15H,6,9,11H2,1-3H3/t15-/m0/s1. The molecule has 0 saturated carbocycles. The lowest BCUT2D eigenvalue weighted by Gasteiger charge is -2.35. The Morgan fingerprint density at radius 3 is 2.56 bits per heavy atom. The van der Waals surface area contributed by atoms with Crippen LogP contribution >= 0.6 is 0 Å². The topological polar surface area (TPSA) is 55.8 Å². The van der Waals surface area contributed by atoms with Gasteiger partial charge in [0, 0.05) is 24.4 Å². The highest BCUT2D eigenvalue weighted by Gasteiger charge is 2.49. The van der Waals surface area contributed by atoms with Crippen LogP contribution in [0.15, 0.2) is 30.4 Å². The zero-order chi connectivity index (χ0) is 17.8. The molecule has 4 rings (SSSR count). The summed E-state index contributed by atoms with van der Waals surface area (Å²) < 4.78 is 11.3. The van der Waals surface area contributed by atoms with Gasteiger partial charge in [0.2, 0.25) is 5.91 Å². The van der Waals surface area contributed by atoms with Gasteiger partial charge in [0.05, 0.1) is 20.3 Å². The fourth-order valence-corrected chi connectivity index (χ4v) is 4.55. The summed E-state index contributed by atoms with van der Waals surface area (Å²) >= 11 is 0. The molecule has 1 heterocycles. The minimum absolute atomic E-state index is 0.00134. The van der Waals surface area contributed by atoms with Gasteiger partial charge in [-0.25, -0.2) is 0 Å². The van der Waals surface area contributed by atoms with Crippen LogP contribution in [0.1, 0.15) is 36.1 Å². The second-order valence-electron chi connectivity index (χ2n) is 6.85. The molecular weight excluding hydrogens is 318 g/mol. The van der Waals surface area contributed by atoms with Crippen molar-refractivity contribution in [1.29, 1.82) is 0 Å². The van der Waals surface area contributed by atoms with Crippen LogP contribution in [0.2, 0.25) is 0 Å². The van der Waals surface area contributed by atoms with Gasteiger partial charge in [-0.1, -0.05) is 12.2 Å². The number of fused-ring (bicyclic) bond motifs is 1. The zero-order valence-corrected chi connectivity index (χ0v) is 14.7. The van der Waals surface area contributed by atoms with Crippen molar-refractivity contribution in [3.8, 4) is 11.5 Å². The minimum atomic E-state index is -0.444. The molecule has 25 heavy (non-hydrogen) atoms. The number of nitrogens with zero attached hydrogens (tertiary/aromatic N) is 1. The lowest BCUT2D eigenvalue weighted by Crippen LogP contribution is -2.38. The Bertz CT molecular complexity index is 821. The predicted molar refractivity (Wildman–Crippen MR) is 93.0 cm³/mol. The molecule has 5 nitrogen and oxygen atoms in total. The van der Waals surface area contributed by atoms with Gasteiger partial charge < -0.3 is 14.4 Å². The van der Waals surface area contributed by atoms with Gasteiger partial charge in [0.1, 0.15) is 0 Å². The van der Waals surface area contributed by atoms with Gasteiger partial charge >= 0.3 is 0 Å². The average molecular weight is 339 g/mol. The minimum Gasteiger partial charge on any atom is -0.493 e. The van der Waals surface area contributed by atoms with E-state index in [1.165, 1.54) is 5.56 Å². The lowest BCUT2D eigenvalue weighted by molar-refractivity contribution is -0.131. The third-order valence-electron chi connectivity index (χ3n) is 5.62. The quantitative estimate of drug-likeness (QED) is 0.831. The lowest BCUT2D eigenvalue weighted by atomic mass is 9.77. The van der Waals surface area contributed by atoms with Crippen molar-refractivity contribution in [2.24, 2.45) is 0 Å². The summed E-state index contributed by atoms with van der Waals surface area (Å²) in [4.78, 5) is 25.8. The zero-order valence-electron chi connectivity index (χ0n) is 14.7. The van der Waals surface area contributed by atoms with Crippen molar-refractivity contribution < 1.29 is 19.1 Å². The van der Waals surface area contributed by atoms with Gasteiger partial charge in [-0.2, -0.15) is 0 Å². The summed E-state index contributed by atoms with van der Waals surface area (Å²) in [5.41, 5.74) is 2.94. The Morgan fingerprint density at radius 2 is 1.96 bits per heavy atom. The molecule has 0 bridgehead atoms. The number of carbonyl (C=O) groups excluding carboxylic acids is 2. The molecule has 1 aromatic rings. The van der Waals surface area contributed by atoms with E-state index in [0.29, 0.717) is 18.0 Å². The number of rotatable bonds is 2. The smallest absolute Gasteiger partial charge is 0.219 e. The Labute approximate surface area is 146 Å². The van der Waals surface area contributed by atoms with Gasteiger partial charge in [-0.15, -0.1) is 0 Å². The van der Waals surface area contributed by atoms with Gasteiger partial charge in [0.15, 0.2) is 17.3 Å². The molecule has 3 aliphatic rings. The number of carbonyl (C=O) groups is 2. The normalized spacial score (nSPS) is 22.3. The summed E-state index contributed by atoms with van der Waals surface area (Å²) in [6.45, 7) is 2.32. The number of hydrogen-bond acceptors (Lipinski definition) is 4. The van der Waals surface area contributed by atoms with Gasteiger partial charge in [-0.05, 0) is 42.2 Å². The molecule has 0 unspecified atom stereocenters. The van der Waals surface area contributed by atoms with E-state index in [2.05, 4.69) is 0 Å². The first-order valence-electron chi connectivity index (χ1n) is 8.48. The molecule has 130 valence electrons. The van der Waals surface area contributed by atoms with Crippen molar-refractivity contribution >= 4 is 11.7 Å². The van der Waals surface area contributed by atoms with E-state index in [-0.39, 0.29) is 17.7 Å². The van der Waals surface area contributed by atoms with E-state index < -0.39 is 5.41 Å². The summed E-state index contributed by atoms with van der Waals surface area (Å²) in [6.07, 6.45) is 8.63. The summed E-state index contributed by atoms with van der Waals surface area (Å²) in [6, 6.07) is 2.03. The number of ether oxygens (including phenoxy) is 2. The van der Waals surface area contributed by atoms with E-state index in [4.69, 9.17) is 9.47 Å². The van der Waals surface area contributed by atoms with Crippen LogP contribution in [0.5, 0.6) is 11.5 Å². The maximum Gasteiger partial charge on any atom is 0.219 e. The highest BCUT2D eigenvalue weighted by molar-refractivity contribution is 6.01. The van der Waals surface area contributed by atoms with Gasteiger partial charge in [0.25, 0.3) is 0 Å². The molecular formula is C20H21NO4. The maximum atomic E-state index is 12.2. The van der Waals surface area contributed by atoms with E-state index in [0.717, 1.165) is 24.0 Å². The second kappa shape index (κ2) is 5.48. The van der Waals surface area contributed by atoms with Crippen molar-refractivity contribution in [1.82, 2.24) is 4.90 Å². The number of methoxy groups -OCH3 is 2. The molecule has 5 heteroatoms. The monoisotopic (exact) mass is 339 g/mol. The summed E-state index contributed by atoms with van der Waals surface area (Å²) in [5, 5.41) is 0. The second-order valence-corrected chi connectivity index (χ2v) is 6.85. The van der Waals surface area contributed by atoms with Gasteiger partial charge in [-0.3, -0.25) is 9.59 Å². The molecule has 2 aliphatic carbocycles. The molecule has 0 saturated heterocycles. The van der Waals surface area contributed by atoms with Crippen LogP contribution in [0.25, 0.3) is 0 Å². The Kier molecular flexibility index (Phi) is 3.49. The van der Waals surface area contributed by atoms with Crippen molar-refractivity contribution in [3.63, 3.8) is 0 Å². The number of allylic oxidation sites excluding steroid dienone is 4. The SMILES string of the molecule is COc1cc2c3c(c1OC)C1(C=CC(=O)C=C1)C[C@@H]3N(C(C)=O)CC2. The third kappa shape index (κ3) is 2.15. The highest BCUT2D eigenvalue weighted by Crippen LogP contribution is 2.58. The number of hydrogen-bond donors (Lipinski definition) is 0. The predicted octanol–water partition coefficient (Wildman–Crippen LogP) is 2.49. The van der Waals surface area contributed by atoms with Crippen LogP contribution in [0.3, 0.4) is 0 Å². The van der Waals surface area contributed by atoms with Crippen LogP contribution in [0.4, 0.5) is 0 Å². The molecule has 0 fully saturated rings. The van der Waals surface area contributed by atoms with Crippen LogP contribution < -0.4 is 9.47 Å². The van der Waals surface area contributed by atoms with E-state index >= 15 is 0 Å². The Balaban J connectivity index is 2.01. The average Bonchev–Trinajstić information content (AvgIpc) is 2.93. The number of ketones is 1. The molecule has 1 amide bonds. The van der Waals surface area contributed by atoms with Crippen molar-refractivity contribution in [2.75, 3.05) is 20.8 Å². The maximum absolute atomic E-state index is 12.2. The van der Waals surface area contributed by atoms with E-state index in [1.54, 1.807) is 33.3 Å². The molecule has 0 aromatic heterocycles. The summed E-state index contributed by atoms with van der Waals surface area (Å²) in [5.74, 6) is 1.45. The summed E-state index contributed by atoms with van der Waals surface area (Å²) in [7, 11) is 3.27. The van der Waals surface area contributed by atoms with Crippen LogP contribution in [0, 0.1) is 0 Å². The molecule has 1 aliphatic heterocycles. The Hall–Kier alpha value is -2.56. The highest BCUT2D eigenvalue weighted by atomic mass is 16.5. The van der Waals surface area contributed by atoms with E-state index in [9.17, 15) is 9.59 Å². The van der Waals surface area contributed by atoms with Crippen LogP contribution in [-0.2, 0) is 21.4 Å². The molecule has 0 radical (unpaired) electrons. The number of amides is 1. The molecule has 1 aromatic carbocycles. The molecule has 1 spiro atoms. The van der Waals surface area contributed by atoms with Crippen LogP contribution in [-0.4, -0.2) is 37.4 Å². The molecule has 1 atom stereocenters. The third-order valence-corrected chi connectivity index (χ3v) is 5.62. The first-order valence-corrected chi connectivity index (χ1v) is 8.48. The van der Waals surface area contributed by atoms with Crippen molar-refractivity contribution in [2.45, 2.75) is 31.2 Å². The molecule has 0 N–H and O–H groups in total. The first kappa shape index (κ1) is 15.9. The van der Waals surface area contributed by atoms with Crippen molar-refractivity contribution in [3.05, 3.63) is 47.1 Å². The van der Waals surface area contributed by atoms with E-state index in [1.807, 2.05) is 23.1 Å². The largest absolute Gasteiger partial charge is 0.493 e. The number of benzene rings is 1. The fraction of sp³-hybridized carbons (Fsp3) is 0.400. The fourth-order valence-electron chi connectivity index (χ4n) is 4.55. The Morgan fingerprint density at radius 1 is 1.24 bits per heavy atom.